The average molecular weight is 465 g/mol. The van der Waals surface area contributed by atoms with E-state index in [2.05, 4.69) is 38.1 Å². The highest BCUT2D eigenvalue weighted by molar-refractivity contribution is 5.78. The van der Waals surface area contributed by atoms with Gasteiger partial charge in [0.15, 0.2) is 11.6 Å². The van der Waals surface area contributed by atoms with Crippen LogP contribution in [0.15, 0.2) is 36.4 Å². The number of aryl methyl sites for hydroxylation is 2. The van der Waals surface area contributed by atoms with Gasteiger partial charge in [-0.05, 0) is 85.5 Å². The van der Waals surface area contributed by atoms with Crippen molar-refractivity contribution in [3.63, 3.8) is 0 Å². The predicted molar refractivity (Wildman–Crippen MR) is 137 cm³/mol. The molecule has 1 unspecified atom stereocenters. The average Bonchev–Trinajstić information content (AvgIpc) is 2.86. The normalized spacial score (nSPS) is 22.3. The van der Waals surface area contributed by atoms with Crippen LogP contribution in [-0.2, 0) is 24.1 Å². The van der Waals surface area contributed by atoms with Crippen molar-refractivity contribution in [2.24, 2.45) is 11.8 Å². The molecule has 0 saturated heterocycles. The first-order valence-corrected chi connectivity index (χ1v) is 13.7. The van der Waals surface area contributed by atoms with E-state index in [1.54, 1.807) is 0 Å². The molecule has 0 amide bonds. The van der Waals surface area contributed by atoms with E-state index in [1.165, 1.54) is 62.5 Å². The van der Waals surface area contributed by atoms with E-state index in [4.69, 9.17) is 4.74 Å². The molecular formula is C31H41FO2. The van der Waals surface area contributed by atoms with Crippen molar-refractivity contribution in [2.45, 2.75) is 103 Å². The van der Waals surface area contributed by atoms with Crippen LogP contribution in [-0.4, -0.2) is 5.97 Å². The Morgan fingerprint density at radius 1 is 0.882 bits per heavy atom. The number of benzene rings is 2. The summed E-state index contributed by atoms with van der Waals surface area (Å²) in [4.78, 5) is 12.2. The molecule has 0 bridgehead atoms. The summed E-state index contributed by atoms with van der Waals surface area (Å²) < 4.78 is 20.5. The van der Waals surface area contributed by atoms with Crippen molar-refractivity contribution in [1.29, 1.82) is 0 Å². The Morgan fingerprint density at radius 2 is 1.65 bits per heavy atom. The molecule has 2 nitrogen and oxygen atoms in total. The summed E-state index contributed by atoms with van der Waals surface area (Å²) in [5, 5.41) is 0. The first kappa shape index (κ1) is 24.9. The minimum Gasteiger partial charge on any atom is -0.423 e. The first-order valence-electron chi connectivity index (χ1n) is 13.7. The monoisotopic (exact) mass is 464 g/mol. The third-order valence-electron chi connectivity index (χ3n) is 8.09. The zero-order valence-corrected chi connectivity index (χ0v) is 21.1. The summed E-state index contributed by atoms with van der Waals surface area (Å²) in [6.45, 7) is 4.34. The fourth-order valence-corrected chi connectivity index (χ4v) is 5.91. The van der Waals surface area contributed by atoms with Crippen LogP contribution in [0.4, 0.5) is 4.39 Å². The molecule has 4 rings (SSSR count). The van der Waals surface area contributed by atoms with E-state index < -0.39 is 0 Å². The van der Waals surface area contributed by atoms with E-state index in [0.717, 1.165) is 30.7 Å². The largest absolute Gasteiger partial charge is 0.423 e. The van der Waals surface area contributed by atoms with E-state index >= 15 is 4.39 Å². The number of hydrogen-bond acceptors (Lipinski definition) is 2. The van der Waals surface area contributed by atoms with Crippen LogP contribution < -0.4 is 4.74 Å². The van der Waals surface area contributed by atoms with Gasteiger partial charge in [0, 0.05) is 0 Å². The van der Waals surface area contributed by atoms with Gasteiger partial charge in [-0.3, -0.25) is 4.79 Å². The van der Waals surface area contributed by atoms with Crippen LogP contribution in [0.25, 0.3) is 0 Å². The number of unbranched alkanes of at least 4 members (excludes halogenated alkanes) is 2. The fourth-order valence-electron chi connectivity index (χ4n) is 5.91. The van der Waals surface area contributed by atoms with Gasteiger partial charge in [-0.1, -0.05) is 82.3 Å². The summed E-state index contributed by atoms with van der Waals surface area (Å²) in [5.74, 6) is 1.02. The number of carbonyl (C=O) groups excluding carboxylic acids is 1. The smallest absolute Gasteiger partial charge is 0.314 e. The number of rotatable bonds is 10. The highest BCUT2D eigenvalue weighted by atomic mass is 19.1. The number of hydrogen-bond donors (Lipinski definition) is 0. The molecule has 1 heterocycles. The molecule has 3 heteroatoms. The lowest BCUT2D eigenvalue weighted by Crippen LogP contribution is -2.28. The van der Waals surface area contributed by atoms with Crippen molar-refractivity contribution in [3.05, 3.63) is 64.5 Å². The van der Waals surface area contributed by atoms with Crippen LogP contribution in [0.5, 0.6) is 5.75 Å². The molecule has 0 aromatic heterocycles. The minimum atomic E-state index is -0.354. The number of fused-ring (bicyclic) bond motifs is 1. The Hall–Kier alpha value is -2.16. The van der Waals surface area contributed by atoms with Gasteiger partial charge in [0.2, 0.25) is 0 Å². The molecule has 2 aliphatic rings. The number of halogens is 1. The molecule has 2 aromatic carbocycles. The van der Waals surface area contributed by atoms with Crippen LogP contribution in [0.1, 0.15) is 106 Å². The maximum Gasteiger partial charge on any atom is 0.314 e. The van der Waals surface area contributed by atoms with Crippen LogP contribution in [0, 0.1) is 17.7 Å². The number of ether oxygens (including phenoxy) is 1. The fraction of sp³-hybridized carbons (Fsp3) is 0.581. The van der Waals surface area contributed by atoms with Crippen molar-refractivity contribution in [1.82, 2.24) is 0 Å². The van der Waals surface area contributed by atoms with Gasteiger partial charge >= 0.3 is 5.97 Å². The Bertz CT molecular complexity index is 941. The summed E-state index contributed by atoms with van der Waals surface area (Å²) >= 11 is 0. The topological polar surface area (TPSA) is 26.3 Å². The first-order chi connectivity index (χ1) is 16.6. The summed E-state index contributed by atoms with van der Waals surface area (Å²) in [5.41, 5.74) is 4.15. The van der Waals surface area contributed by atoms with Crippen LogP contribution in [0.2, 0.25) is 0 Å². The zero-order valence-electron chi connectivity index (χ0n) is 21.1. The van der Waals surface area contributed by atoms with Crippen molar-refractivity contribution in [2.75, 3.05) is 0 Å². The standard InChI is InChI=1S/C31H41FO2/c1-3-5-6-8-22-9-14-24(15-10-22)25-16-11-23(12-17-25)13-18-26-19-20-27-21-28(7-4-2)31(33)34-30(27)29(26)32/h11-12,16-17,19-20,22,24,28H,3-10,13-15,18,21H2,1-2H3. The molecule has 34 heavy (non-hydrogen) atoms. The summed E-state index contributed by atoms with van der Waals surface area (Å²) in [6.07, 6.45) is 14.6. The summed E-state index contributed by atoms with van der Waals surface area (Å²) in [6, 6.07) is 12.8. The van der Waals surface area contributed by atoms with Gasteiger partial charge in [0.1, 0.15) is 0 Å². The molecule has 1 saturated carbocycles. The third kappa shape index (κ3) is 6.09. The quantitative estimate of drug-likeness (QED) is 0.201. The third-order valence-corrected chi connectivity index (χ3v) is 8.09. The highest BCUT2D eigenvalue weighted by Gasteiger charge is 2.30. The van der Waals surface area contributed by atoms with E-state index in [0.29, 0.717) is 24.3 Å². The zero-order chi connectivity index (χ0) is 23.9. The van der Waals surface area contributed by atoms with E-state index in [1.807, 2.05) is 12.1 Å². The van der Waals surface area contributed by atoms with Gasteiger partial charge in [0.05, 0.1) is 5.92 Å². The molecule has 0 spiro atoms. The summed E-state index contributed by atoms with van der Waals surface area (Å²) in [7, 11) is 0. The second-order valence-corrected chi connectivity index (χ2v) is 10.6. The van der Waals surface area contributed by atoms with Crippen LogP contribution in [0.3, 0.4) is 0 Å². The predicted octanol–water partition coefficient (Wildman–Crippen LogP) is 8.34. The lowest BCUT2D eigenvalue weighted by molar-refractivity contribution is -0.140. The molecule has 184 valence electrons. The molecule has 0 N–H and O–H groups in total. The Balaban J connectivity index is 1.30. The van der Waals surface area contributed by atoms with Gasteiger partial charge in [-0.15, -0.1) is 0 Å². The number of esters is 1. The van der Waals surface area contributed by atoms with Crippen LogP contribution >= 0.6 is 0 Å². The lowest BCUT2D eigenvalue weighted by atomic mass is 9.77. The minimum absolute atomic E-state index is 0.141. The van der Waals surface area contributed by atoms with Gasteiger partial charge in [0.25, 0.3) is 0 Å². The highest BCUT2D eigenvalue weighted by Crippen LogP contribution is 2.38. The Labute approximate surface area is 205 Å². The Kier molecular flexibility index (Phi) is 8.80. The second kappa shape index (κ2) is 12.0. The molecule has 2 aromatic rings. The van der Waals surface area contributed by atoms with Gasteiger partial charge < -0.3 is 4.74 Å². The van der Waals surface area contributed by atoms with Crippen molar-refractivity contribution >= 4 is 5.97 Å². The number of carbonyl (C=O) groups is 1. The molecule has 1 aliphatic heterocycles. The molecule has 1 fully saturated rings. The molecular weight excluding hydrogens is 423 g/mol. The van der Waals surface area contributed by atoms with Gasteiger partial charge in [-0.25, -0.2) is 4.39 Å². The van der Waals surface area contributed by atoms with E-state index in [-0.39, 0.29) is 23.5 Å². The van der Waals surface area contributed by atoms with E-state index in [9.17, 15) is 4.79 Å². The maximum absolute atomic E-state index is 15.1. The molecule has 0 radical (unpaired) electrons. The second-order valence-electron chi connectivity index (χ2n) is 10.6. The van der Waals surface area contributed by atoms with Crippen molar-refractivity contribution < 1.29 is 13.9 Å². The van der Waals surface area contributed by atoms with Crippen molar-refractivity contribution in [3.8, 4) is 5.75 Å². The Morgan fingerprint density at radius 3 is 2.35 bits per heavy atom. The SMILES string of the molecule is CCCCCC1CCC(c2ccc(CCc3ccc4c(c3F)OC(=O)C(CCC)C4)cc2)CC1. The molecule has 1 atom stereocenters. The lowest BCUT2D eigenvalue weighted by Gasteiger charge is -2.29. The maximum atomic E-state index is 15.1. The molecule has 1 aliphatic carbocycles. The van der Waals surface area contributed by atoms with Gasteiger partial charge in [-0.2, -0.15) is 0 Å².